The summed E-state index contributed by atoms with van der Waals surface area (Å²) in [6.07, 6.45) is 0.202. The first-order chi connectivity index (χ1) is 11.4. The van der Waals surface area contributed by atoms with E-state index >= 15 is 0 Å². The molecule has 8 heteroatoms. The second-order valence-electron chi connectivity index (χ2n) is 5.79. The van der Waals surface area contributed by atoms with Gasteiger partial charge in [-0.3, -0.25) is 14.0 Å². The van der Waals surface area contributed by atoms with E-state index in [1.165, 1.54) is 11.3 Å². The van der Waals surface area contributed by atoms with E-state index in [1.807, 2.05) is 32.1 Å². The number of aryl methyl sites for hydroxylation is 1. The van der Waals surface area contributed by atoms with Crippen molar-refractivity contribution < 1.29 is 14.3 Å². The van der Waals surface area contributed by atoms with Gasteiger partial charge in [0, 0.05) is 24.7 Å². The van der Waals surface area contributed by atoms with Gasteiger partial charge < -0.3 is 9.64 Å². The van der Waals surface area contributed by atoms with Crippen LogP contribution in [0.25, 0.3) is 4.96 Å². The maximum atomic E-state index is 12.8. The molecule has 7 nitrogen and oxygen atoms in total. The number of fused-ring (bicyclic) bond motifs is 1. The van der Waals surface area contributed by atoms with Crippen LogP contribution in [0.2, 0.25) is 0 Å². The lowest BCUT2D eigenvalue weighted by molar-refractivity contribution is -0.143. The summed E-state index contributed by atoms with van der Waals surface area (Å²) >= 11 is 1.34. The van der Waals surface area contributed by atoms with E-state index in [2.05, 4.69) is 10.2 Å². The predicted octanol–water partition coefficient (Wildman–Crippen LogP) is 2.64. The highest BCUT2D eigenvalue weighted by Gasteiger charge is 2.24. The van der Waals surface area contributed by atoms with Crippen LogP contribution >= 0.6 is 11.3 Å². The molecule has 0 aliphatic heterocycles. The number of rotatable bonds is 7. The molecule has 0 aliphatic carbocycles. The normalized spacial score (nSPS) is 11.2. The summed E-state index contributed by atoms with van der Waals surface area (Å²) in [4.78, 5) is 27.4. The van der Waals surface area contributed by atoms with Crippen LogP contribution in [0.15, 0.2) is 0 Å². The summed E-state index contributed by atoms with van der Waals surface area (Å²) in [6.45, 7) is 10.9. The molecule has 132 valence electrons. The summed E-state index contributed by atoms with van der Waals surface area (Å²) < 4.78 is 6.87. The molecule has 0 unspecified atom stereocenters. The molecule has 0 fully saturated rings. The molecular weight excluding hydrogens is 328 g/mol. The van der Waals surface area contributed by atoms with Gasteiger partial charge in [-0.15, -0.1) is 10.2 Å². The average molecular weight is 352 g/mol. The highest BCUT2D eigenvalue weighted by atomic mass is 32.1. The summed E-state index contributed by atoms with van der Waals surface area (Å²) in [6, 6.07) is 0. The standard InChI is InChI=1S/C16H24N4O3S/c1-6-19(9-8-12(21)23-7-2)15(22)13-11(5)20-14(10(3)4)17-18-16(20)24-13/h10H,6-9H2,1-5H3. The Bertz CT molecular complexity index is 735. The van der Waals surface area contributed by atoms with E-state index < -0.39 is 0 Å². The van der Waals surface area contributed by atoms with E-state index in [9.17, 15) is 9.59 Å². The van der Waals surface area contributed by atoms with Crippen molar-refractivity contribution in [3.63, 3.8) is 0 Å². The Labute approximate surface area is 145 Å². The largest absolute Gasteiger partial charge is 0.466 e. The van der Waals surface area contributed by atoms with Gasteiger partial charge in [0.1, 0.15) is 10.7 Å². The van der Waals surface area contributed by atoms with Gasteiger partial charge in [0.25, 0.3) is 5.91 Å². The zero-order chi connectivity index (χ0) is 17.9. The molecule has 2 aromatic heterocycles. The van der Waals surface area contributed by atoms with Gasteiger partial charge in [-0.05, 0) is 20.8 Å². The molecular formula is C16H24N4O3S. The second-order valence-corrected chi connectivity index (χ2v) is 6.76. The number of amides is 1. The molecule has 2 rings (SSSR count). The third-order valence-electron chi connectivity index (χ3n) is 3.79. The Morgan fingerprint density at radius 2 is 2.00 bits per heavy atom. The maximum Gasteiger partial charge on any atom is 0.307 e. The number of hydrogen-bond acceptors (Lipinski definition) is 6. The molecule has 0 N–H and O–H groups in total. The first-order valence-corrected chi connectivity index (χ1v) is 9.01. The molecule has 1 amide bonds. The highest BCUT2D eigenvalue weighted by molar-refractivity contribution is 7.19. The SMILES string of the molecule is CCOC(=O)CCN(CC)C(=O)c1sc2nnc(C(C)C)n2c1C. The molecule has 0 atom stereocenters. The van der Waals surface area contributed by atoms with Crippen molar-refractivity contribution in [2.75, 3.05) is 19.7 Å². The minimum absolute atomic E-state index is 0.0792. The summed E-state index contributed by atoms with van der Waals surface area (Å²) in [5.41, 5.74) is 0.850. The lowest BCUT2D eigenvalue weighted by Gasteiger charge is -2.20. The van der Waals surface area contributed by atoms with Crippen molar-refractivity contribution in [3.8, 4) is 0 Å². The fourth-order valence-corrected chi connectivity index (χ4v) is 3.55. The third kappa shape index (κ3) is 3.58. The second kappa shape index (κ2) is 7.74. The number of esters is 1. The summed E-state index contributed by atoms with van der Waals surface area (Å²) in [5.74, 6) is 0.715. The van der Waals surface area contributed by atoms with Crippen molar-refractivity contribution in [2.24, 2.45) is 0 Å². The number of hydrogen-bond donors (Lipinski definition) is 0. The number of nitrogens with zero attached hydrogens (tertiary/aromatic N) is 4. The fourth-order valence-electron chi connectivity index (χ4n) is 2.51. The lowest BCUT2D eigenvalue weighted by atomic mass is 10.2. The van der Waals surface area contributed by atoms with Gasteiger partial charge >= 0.3 is 5.97 Å². The summed E-state index contributed by atoms with van der Waals surface area (Å²) in [5, 5.41) is 8.37. The number of thiazole rings is 1. The molecule has 2 aromatic rings. The van der Waals surface area contributed by atoms with Crippen LogP contribution in [-0.4, -0.2) is 51.1 Å². The van der Waals surface area contributed by atoms with E-state index in [4.69, 9.17) is 4.74 Å². The van der Waals surface area contributed by atoms with Crippen LogP contribution in [0.1, 0.15) is 61.2 Å². The van der Waals surface area contributed by atoms with Crippen molar-refractivity contribution in [1.82, 2.24) is 19.5 Å². The maximum absolute atomic E-state index is 12.8. The van der Waals surface area contributed by atoms with E-state index in [-0.39, 0.29) is 24.2 Å². The fraction of sp³-hybridized carbons (Fsp3) is 0.625. The number of carbonyl (C=O) groups is 2. The highest BCUT2D eigenvalue weighted by Crippen LogP contribution is 2.26. The average Bonchev–Trinajstić information content (AvgIpc) is 3.08. The van der Waals surface area contributed by atoms with Gasteiger partial charge in [-0.2, -0.15) is 0 Å². The predicted molar refractivity (Wildman–Crippen MR) is 92.5 cm³/mol. The quantitative estimate of drug-likeness (QED) is 0.716. The van der Waals surface area contributed by atoms with Crippen molar-refractivity contribution >= 4 is 28.2 Å². The molecule has 0 bridgehead atoms. The minimum Gasteiger partial charge on any atom is -0.466 e. The molecule has 0 radical (unpaired) electrons. The topological polar surface area (TPSA) is 76.8 Å². The monoisotopic (exact) mass is 352 g/mol. The molecule has 0 saturated carbocycles. The van der Waals surface area contributed by atoms with Crippen LogP contribution in [0.3, 0.4) is 0 Å². The van der Waals surface area contributed by atoms with Crippen molar-refractivity contribution in [1.29, 1.82) is 0 Å². The van der Waals surface area contributed by atoms with E-state index in [0.29, 0.717) is 24.6 Å². The van der Waals surface area contributed by atoms with Gasteiger partial charge in [0.2, 0.25) is 4.96 Å². The molecule has 0 aromatic carbocycles. The number of aromatic nitrogens is 3. The van der Waals surface area contributed by atoms with Crippen LogP contribution in [-0.2, 0) is 9.53 Å². The first-order valence-electron chi connectivity index (χ1n) is 8.19. The number of ether oxygens (including phenoxy) is 1. The molecule has 2 heterocycles. The van der Waals surface area contributed by atoms with Crippen LogP contribution in [0, 0.1) is 6.92 Å². The molecule has 24 heavy (non-hydrogen) atoms. The van der Waals surface area contributed by atoms with Crippen LogP contribution in [0.5, 0.6) is 0 Å². The third-order valence-corrected chi connectivity index (χ3v) is 4.91. The number of carbonyl (C=O) groups excluding carboxylic acids is 2. The van der Waals surface area contributed by atoms with Gasteiger partial charge in [0.15, 0.2) is 0 Å². The van der Waals surface area contributed by atoms with Gasteiger partial charge in [-0.1, -0.05) is 25.2 Å². The Kier molecular flexibility index (Phi) is 5.93. The van der Waals surface area contributed by atoms with Crippen molar-refractivity contribution in [2.45, 2.75) is 47.0 Å². The molecule has 0 spiro atoms. The van der Waals surface area contributed by atoms with Crippen LogP contribution < -0.4 is 0 Å². The molecule has 0 saturated heterocycles. The van der Waals surface area contributed by atoms with Gasteiger partial charge in [-0.25, -0.2) is 0 Å². The first kappa shape index (κ1) is 18.4. The Hall–Kier alpha value is -1.96. The summed E-state index contributed by atoms with van der Waals surface area (Å²) in [7, 11) is 0. The lowest BCUT2D eigenvalue weighted by Crippen LogP contribution is -2.33. The Morgan fingerprint density at radius 3 is 2.58 bits per heavy atom. The zero-order valence-electron chi connectivity index (χ0n) is 14.8. The Morgan fingerprint density at radius 1 is 1.29 bits per heavy atom. The van der Waals surface area contributed by atoms with E-state index in [1.54, 1.807) is 11.8 Å². The minimum atomic E-state index is -0.284. The van der Waals surface area contributed by atoms with Crippen molar-refractivity contribution in [3.05, 3.63) is 16.4 Å². The smallest absolute Gasteiger partial charge is 0.307 e. The van der Waals surface area contributed by atoms with Crippen LogP contribution in [0.4, 0.5) is 0 Å². The Balaban J connectivity index is 2.23. The van der Waals surface area contributed by atoms with Gasteiger partial charge in [0.05, 0.1) is 13.0 Å². The van der Waals surface area contributed by atoms with E-state index in [0.717, 1.165) is 16.5 Å². The zero-order valence-corrected chi connectivity index (χ0v) is 15.6. The molecule has 0 aliphatic rings.